The number of H-pyrrole nitrogens is 1. The molecule has 2 heterocycles. The first-order valence-corrected chi connectivity index (χ1v) is 8.65. The highest BCUT2D eigenvalue weighted by Gasteiger charge is 2.24. The standard InChI is InChI=1S/C20H27N3O/c1-13-6-7-15(14(2)10-13)11-23-9-8-16-17(12-23)21-19(20(3,4)5)22-18(16)24/h6-7,10H,8-9,11-12H2,1-5H3,(H,21,22,24). The van der Waals surface area contributed by atoms with Gasteiger partial charge in [0.05, 0.1) is 5.69 Å². The van der Waals surface area contributed by atoms with Crippen molar-refractivity contribution in [3.8, 4) is 0 Å². The Kier molecular flexibility index (Phi) is 4.35. The Hall–Kier alpha value is -1.94. The van der Waals surface area contributed by atoms with E-state index < -0.39 is 0 Å². The Bertz CT molecular complexity index is 815. The summed E-state index contributed by atoms with van der Waals surface area (Å²) in [5.41, 5.74) is 5.67. The molecule has 128 valence electrons. The first kappa shape index (κ1) is 16.9. The molecule has 0 fully saturated rings. The van der Waals surface area contributed by atoms with Crippen molar-refractivity contribution in [1.29, 1.82) is 0 Å². The molecule has 0 spiro atoms. The first-order chi connectivity index (χ1) is 11.2. The quantitative estimate of drug-likeness (QED) is 0.922. The van der Waals surface area contributed by atoms with Crippen LogP contribution in [0.5, 0.6) is 0 Å². The molecule has 0 saturated heterocycles. The molecule has 0 amide bonds. The Morgan fingerprint density at radius 2 is 2.00 bits per heavy atom. The zero-order valence-corrected chi connectivity index (χ0v) is 15.4. The maximum atomic E-state index is 12.4. The lowest BCUT2D eigenvalue weighted by Crippen LogP contribution is -2.36. The van der Waals surface area contributed by atoms with Gasteiger partial charge in [-0.3, -0.25) is 9.69 Å². The van der Waals surface area contributed by atoms with E-state index in [0.717, 1.165) is 43.1 Å². The maximum Gasteiger partial charge on any atom is 0.254 e. The van der Waals surface area contributed by atoms with Gasteiger partial charge in [0.15, 0.2) is 0 Å². The molecule has 24 heavy (non-hydrogen) atoms. The van der Waals surface area contributed by atoms with E-state index in [1.54, 1.807) is 0 Å². The van der Waals surface area contributed by atoms with Crippen molar-refractivity contribution in [3.63, 3.8) is 0 Å². The highest BCUT2D eigenvalue weighted by Crippen LogP contribution is 2.22. The monoisotopic (exact) mass is 325 g/mol. The van der Waals surface area contributed by atoms with E-state index in [4.69, 9.17) is 4.98 Å². The predicted molar refractivity (Wildman–Crippen MR) is 97.3 cm³/mol. The molecule has 4 heteroatoms. The second kappa shape index (κ2) is 6.17. The molecule has 1 aromatic heterocycles. The molecule has 0 bridgehead atoms. The van der Waals surface area contributed by atoms with Crippen LogP contribution in [0.1, 0.15) is 54.5 Å². The second-order valence-corrected chi connectivity index (χ2v) is 7.98. The van der Waals surface area contributed by atoms with Crippen molar-refractivity contribution in [2.45, 2.75) is 59.5 Å². The number of aryl methyl sites for hydroxylation is 2. The smallest absolute Gasteiger partial charge is 0.254 e. The SMILES string of the molecule is Cc1ccc(CN2CCc3c(nc(C(C)(C)C)[nH]c3=O)C2)c(C)c1. The number of rotatable bonds is 2. The van der Waals surface area contributed by atoms with Crippen LogP contribution in [0.3, 0.4) is 0 Å². The van der Waals surface area contributed by atoms with Crippen molar-refractivity contribution in [1.82, 2.24) is 14.9 Å². The van der Waals surface area contributed by atoms with Crippen molar-refractivity contribution in [2.24, 2.45) is 0 Å². The number of aromatic amines is 1. The third kappa shape index (κ3) is 3.44. The van der Waals surface area contributed by atoms with E-state index in [0.29, 0.717) is 0 Å². The van der Waals surface area contributed by atoms with Gasteiger partial charge < -0.3 is 4.98 Å². The lowest BCUT2D eigenvalue weighted by atomic mass is 9.94. The fourth-order valence-corrected chi connectivity index (χ4v) is 3.25. The summed E-state index contributed by atoms with van der Waals surface area (Å²) in [5, 5.41) is 0. The highest BCUT2D eigenvalue weighted by atomic mass is 16.1. The molecule has 0 radical (unpaired) electrons. The molecule has 0 unspecified atom stereocenters. The molecule has 0 aliphatic carbocycles. The minimum atomic E-state index is -0.149. The lowest BCUT2D eigenvalue weighted by molar-refractivity contribution is 0.239. The van der Waals surface area contributed by atoms with Gasteiger partial charge in [0.1, 0.15) is 5.82 Å². The number of hydrogen-bond acceptors (Lipinski definition) is 3. The average molecular weight is 325 g/mol. The Morgan fingerprint density at radius 1 is 1.25 bits per heavy atom. The van der Waals surface area contributed by atoms with Crippen LogP contribution in [0.15, 0.2) is 23.0 Å². The van der Waals surface area contributed by atoms with Crippen molar-refractivity contribution in [2.75, 3.05) is 6.54 Å². The Labute approximate surface area is 143 Å². The number of aromatic nitrogens is 2. The number of nitrogens with zero attached hydrogens (tertiary/aromatic N) is 2. The van der Waals surface area contributed by atoms with Gasteiger partial charge in [-0.05, 0) is 31.4 Å². The molecule has 0 saturated carbocycles. The minimum absolute atomic E-state index is 0.0380. The van der Waals surface area contributed by atoms with Crippen LogP contribution in [-0.2, 0) is 24.9 Å². The van der Waals surface area contributed by atoms with E-state index >= 15 is 0 Å². The van der Waals surface area contributed by atoms with Crippen LogP contribution >= 0.6 is 0 Å². The molecule has 1 aliphatic heterocycles. The van der Waals surface area contributed by atoms with Crippen LogP contribution < -0.4 is 5.56 Å². The fourth-order valence-electron chi connectivity index (χ4n) is 3.25. The van der Waals surface area contributed by atoms with Crippen LogP contribution in [-0.4, -0.2) is 21.4 Å². The number of nitrogens with one attached hydrogen (secondary N) is 1. The van der Waals surface area contributed by atoms with Crippen LogP contribution in [0.25, 0.3) is 0 Å². The van der Waals surface area contributed by atoms with Crippen molar-refractivity contribution < 1.29 is 0 Å². The molecule has 4 nitrogen and oxygen atoms in total. The average Bonchev–Trinajstić information content (AvgIpc) is 2.49. The summed E-state index contributed by atoms with van der Waals surface area (Å²) in [5.74, 6) is 0.777. The van der Waals surface area contributed by atoms with Crippen LogP contribution in [0.4, 0.5) is 0 Å². The third-order valence-electron chi connectivity index (χ3n) is 4.75. The van der Waals surface area contributed by atoms with E-state index in [1.807, 2.05) is 0 Å². The lowest BCUT2D eigenvalue weighted by Gasteiger charge is -2.29. The summed E-state index contributed by atoms with van der Waals surface area (Å²) in [6, 6.07) is 6.61. The topological polar surface area (TPSA) is 49.0 Å². The molecule has 0 atom stereocenters. The summed E-state index contributed by atoms with van der Waals surface area (Å²) < 4.78 is 0. The number of hydrogen-bond donors (Lipinski definition) is 1. The maximum absolute atomic E-state index is 12.4. The normalized spacial score (nSPS) is 15.4. The molecule has 1 aromatic carbocycles. The van der Waals surface area contributed by atoms with Crippen LogP contribution in [0, 0.1) is 13.8 Å². The summed E-state index contributed by atoms with van der Waals surface area (Å²) in [4.78, 5) is 22.5. The van der Waals surface area contributed by atoms with Crippen molar-refractivity contribution in [3.05, 3.63) is 62.3 Å². The number of benzene rings is 1. The second-order valence-electron chi connectivity index (χ2n) is 7.98. The molecule has 2 aromatic rings. The van der Waals surface area contributed by atoms with Gasteiger partial charge >= 0.3 is 0 Å². The summed E-state index contributed by atoms with van der Waals surface area (Å²) in [6.07, 6.45) is 0.771. The zero-order valence-electron chi connectivity index (χ0n) is 15.4. The van der Waals surface area contributed by atoms with Gasteiger partial charge in [0.25, 0.3) is 5.56 Å². The van der Waals surface area contributed by atoms with Gasteiger partial charge in [-0.15, -0.1) is 0 Å². The predicted octanol–water partition coefficient (Wildman–Crippen LogP) is 3.24. The minimum Gasteiger partial charge on any atom is -0.310 e. The molecule has 1 N–H and O–H groups in total. The van der Waals surface area contributed by atoms with Gasteiger partial charge in [-0.25, -0.2) is 4.98 Å². The molecule has 3 rings (SSSR count). The van der Waals surface area contributed by atoms with Gasteiger partial charge in [-0.2, -0.15) is 0 Å². The van der Waals surface area contributed by atoms with E-state index in [-0.39, 0.29) is 11.0 Å². The highest BCUT2D eigenvalue weighted by molar-refractivity contribution is 5.31. The van der Waals surface area contributed by atoms with Gasteiger partial charge in [0, 0.05) is 30.6 Å². The first-order valence-electron chi connectivity index (χ1n) is 8.65. The Balaban J connectivity index is 1.86. The molecule has 1 aliphatic rings. The largest absolute Gasteiger partial charge is 0.310 e. The molecular formula is C20H27N3O. The fraction of sp³-hybridized carbons (Fsp3) is 0.500. The van der Waals surface area contributed by atoms with Crippen molar-refractivity contribution >= 4 is 0 Å². The Morgan fingerprint density at radius 3 is 2.67 bits per heavy atom. The zero-order chi connectivity index (χ0) is 17.5. The van der Waals surface area contributed by atoms with E-state index in [9.17, 15) is 4.79 Å². The third-order valence-corrected chi connectivity index (χ3v) is 4.75. The van der Waals surface area contributed by atoms with E-state index in [2.05, 4.69) is 62.7 Å². The molecular weight excluding hydrogens is 298 g/mol. The summed E-state index contributed by atoms with van der Waals surface area (Å²) in [6.45, 7) is 13.1. The summed E-state index contributed by atoms with van der Waals surface area (Å²) >= 11 is 0. The van der Waals surface area contributed by atoms with Gasteiger partial charge in [0.2, 0.25) is 0 Å². The van der Waals surface area contributed by atoms with Gasteiger partial charge in [-0.1, -0.05) is 44.5 Å². The van der Waals surface area contributed by atoms with Crippen LogP contribution in [0.2, 0.25) is 0 Å². The van der Waals surface area contributed by atoms with E-state index in [1.165, 1.54) is 16.7 Å². The number of fused-ring (bicyclic) bond motifs is 1. The summed E-state index contributed by atoms with van der Waals surface area (Å²) in [7, 11) is 0.